The van der Waals surface area contributed by atoms with Gasteiger partial charge in [-0.05, 0) is 76.9 Å². The number of aromatic nitrogens is 3. The van der Waals surface area contributed by atoms with E-state index in [1.807, 2.05) is 66.7 Å². The molecule has 0 aliphatic carbocycles. The van der Waals surface area contributed by atoms with Gasteiger partial charge in [-0.3, -0.25) is 4.90 Å². The molecule has 5 heteroatoms. The molecule has 272 valence electrons. The van der Waals surface area contributed by atoms with E-state index in [0.717, 1.165) is 28.1 Å². The number of nitrogens with zero attached hydrogens (tertiary/aromatic N) is 4. The van der Waals surface area contributed by atoms with Crippen molar-refractivity contribution in [3.8, 4) is 33.9 Å². The van der Waals surface area contributed by atoms with Gasteiger partial charge < -0.3 is 0 Å². The molecule has 1 heterocycles. The molecule has 7 aromatic carbocycles. The standard InChI is InChI=1S/C51H45BN4/c1-34-30-36(3)47(37(4)31-34)52(48-38(5)32-35(2)33-39(48)6)44-24-28-46(29-25-44)56(45-26-22-41(23-27-45)40-16-10-7-11-17-40)51-54-49(42-18-12-8-13-19-42)53-50(55-51)43-20-14-9-15-21-43/h7-33H,1-6H3. The molecule has 8 aromatic rings. The fraction of sp³-hybridized carbons (Fsp3) is 0.118. The molecule has 0 saturated carbocycles. The first-order valence-corrected chi connectivity index (χ1v) is 19.3. The number of rotatable bonds is 9. The minimum Gasteiger partial charge on any atom is -0.279 e. The van der Waals surface area contributed by atoms with Crippen molar-refractivity contribution in [2.45, 2.75) is 41.5 Å². The molecule has 0 aliphatic rings. The van der Waals surface area contributed by atoms with Crippen LogP contribution >= 0.6 is 0 Å². The largest absolute Gasteiger partial charge is 0.279 e. The van der Waals surface area contributed by atoms with E-state index in [1.165, 1.54) is 55.3 Å². The van der Waals surface area contributed by atoms with Crippen molar-refractivity contribution in [1.29, 1.82) is 0 Å². The Hall–Kier alpha value is -6.59. The van der Waals surface area contributed by atoms with Crippen LogP contribution in [0.3, 0.4) is 0 Å². The van der Waals surface area contributed by atoms with Crippen LogP contribution in [0.2, 0.25) is 0 Å². The van der Waals surface area contributed by atoms with Gasteiger partial charge in [-0.2, -0.15) is 9.97 Å². The van der Waals surface area contributed by atoms with E-state index < -0.39 is 0 Å². The summed E-state index contributed by atoms with van der Waals surface area (Å²) in [6.45, 7) is 13.5. The van der Waals surface area contributed by atoms with Crippen LogP contribution in [0.1, 0.15) is 33.4 Å². The van der Waals surface area contributed by atoms with Crippen LogP contribution in [0.5, 0.6) is 0 Å². The number of hydrogen-bond donors (Lipinski definition) is 0. The first-order chi connectivity index (χ1) is 27.2. The summed E-state index contributed by atoms with van der Waals surface area (Å²) in [6, 6.07) is 57.7. The second-order valence-electron chi connectivity index (χ2n) is 14.9. The van der Waals surface area contributed by atoms with Crippen LogP contribution in [0.4, 0.5) is 17.3 Å². The number of aryl methyl sites for hydroxylation is 6. The molecule has 0 unspecified atom stereocenters. The van der Waals surface area contributed by atoms with Gasteiger partial charge in [0.2, 0.25) is 12.7 Å². The van der Waals surface area contributed by atoms with Crippen molar-refractivity contribution < 1.29 is 0 Å². The summed E-state index contributed by atoms with van der Waals surface area (Å²) in [5, 5.41) is 0. The zero-order chi connectivity index (χ0) is 38.8. The average molecular weight is 725 g/mol. The van der Waals surface area contributed by atoms with Crippen molar-refractivity contribution in [1.82, 2.24) is 15.0 Å². The summed E-state index contributed by atoms with van der Waals surface area (Å²) in [7, 11) is 0. The second kappa shape index (κ2) is 15.6. The second-order valence-corrected chi connectivity index (χ2v) is 14.9. The summed E-state index contributed by atoms with van der Waals surface area (Å²) >= 11 is 0. The minimum absolute atomic E-state index is 0.0652. The first kappa shape index (κ1) is 36.4. The molecule has 0 spiro atoms. The molecule has 0 atom stereocenters. The van der Waals surface area contributed by atoms with Crippen LogP contribution < -0.4 is 21.3 Å². The molecule has 1 aromatic heterocycles. The SMILES string of the molecule is Cc1cc(C)c(B(c2ccc(N(c3ccc(-c4ccccc4)cc3)c3nc(-c4ccccc4)nc(-c4ccccc4)n3)cc2)c2c(C)cc(C)cc2C)c(C)c1. The molecular weight excluding hydrogens is 679 g/mol. The Kier molecular flexibility index (Phi) is 10.2. The van der Waals surface area contributed by atoms with Crippen LogP contribution in [0.25, 0.3) is 33.9 Å². The van der Waals surface area contributed by atoms with Gasteiger partial charge in [-0.25, -0.2) is 4.98 Å². The lowest BCUT2D eigenvalue weighted by Gasteiger charge is -2.27. The van der Waals surface area contributed by atoms with Gasteiger partial charge in [0.05, 0.1) is 0 Å². The lowest BCUT2D eigenvalue weighted by molar-refractivity contribution is 1.02. The maximum absolute atomic E-state index is 5.18. The Labute approximate surface area is 331 Å². The van der Waals surface area contributed by atoms with E-state index in [4.69, 9.17) is 15.0 Å². The van der Waals surface area contributed by atoms with E-state index in [2.05, 4.69) is 144 Å². The van der Waals surface area contributed by atoms with Gasteiger partial charge in [0, 0.05) is 22.5 Å². The van der Waals surface area contributed by atoms with E-state index in [-0.39, 0.29) is 6.71 Å². The molecule has 0 fully saturated rings. The van der Waals surface area contributed by atoms with Crippen LogP contribution in [0, 0.1) is 41.5 Å². The van der Waals surface area contributed by atoms with Crippen molar-refractivity contribution in [3.63, 3.8) is 0 Å². The molecule has 8 rings (SSSR count). The number of anilines is 3. The van der Waals surface area contributed by atoms with Crippen molar-refractivity contribution in [2.24, 2.45) is 0 Å². The van der Waals surface area contributed by atoms with E-state index in [9.17, 15) is 0 Å². The fourth-order valence-electron chi connectivity index (χ4n) is 8.30. The van der Waals surface area contributed by atoms with E-state index in [0.29, 0.717) is 17.6 Å². The van der Waals surface area contributed by atoms with Gasteiger partial charge in [-0.15, -0.1) is 0 Å². The average Bonchev–Trinajstić information content (AvgIpc) is 3.21. The molecule has 0 N–H and O–H groups in total. The highest BCUT2D eigenvalue weighted by Crippen LogP contribution is 2.35. The van der Waals surface area contributed by atoms with Gasteiger partial charge >= 0.3 is 0 Å². The normalized spacial score (nSPS) is 11.0. The zero-order valence-electron chi connectivity index (χ0n) is 33.0. The Morgan fingerprint density at radius 2 is 0.732 bits per heavy atom. The Bertz CT molecular complexity index is 2460. The number of benzene rings is 7. The maximum Gasteiger partial charge on any atom is 0.242 e. The molecular formula is C51H45BN4. The van der Waals surface area contributed by atoms with Crippen molar-refractivity contribution >= 4 is 40.4 Å². The van der Waals surface area contributed by atoms with Gasteiger partial charge in [0.15, 0.2) is 11.6 Å². The Morgan fingerprint density at radius 3 is 1.14 bits per heavy atom. The van der Waals surface area contributed by atoms with Crippen LogP contribution in [-0.2, 0) is 0 Å². The first-order valence-electron chi connectivity index (χ1n) is 19.3. The van der Waals surface area contributed by atoms with Crippen molar-refractivity contribution in [3.05, 3.63) is 197 Å². The minimum atomic E-state index is 0.0652. The molecule has 56 heavy (non-hydrogen) atoms. The summed E-state index contributed by atoms with van der Waals surface area (Å²) in [5.74, 6) is 1.78. The predicted molar refractivity (Wildman–Crippen MR) is 237 cm³/mol. The lowest BCUT2D eigenvalue weighted by atomic mass is 9.34. The van der Waals surface area contributed by atoms with Gasteiger partial charge in [0.25, 0.3) is 0 Å². The van der Waals surface area contributed by atoms with Gasteiger partial charge in [-0.1, -0.05) is 189 Å². The van der Waals surface area contributed by atoms with Crippen molar-refractivity contribution in [2.75, 3.05) is 4.90 Å². The lowest BCUT2D eigenvalue weighted by Crippen LogP contribution is -2.55. The third-order valence-corrected chi connectivity index (χ3v) is 10.7. The monoisotopic (exact) mass is 724 g/mol. The quantitative estimate of drug-likeness (QED) is 0.139. The third-order valence-electron chi connectivity index (χ3n) is 10.7. The summed E-state index contributed by atoms with van der Waals surface area (Å²) in [6.07, 6.45) is 0. The molecule has 0 bridgehead atoms. The maximum atomic E-state index is 5.18. The summed E-state index contributed by atoms with van der Waals surface area (Å²) in [4.78, 5) is 17.5. The Morgan fingerprint density at radius 1 is 0.375 bits per heavy atom. The summed E-state index contributed by atoms with van der Waals surface area (Å²) in [5.41, 5.74) is 17.9. The molecule has 0 radical (unpaired) electrons. The molecule has 0 amide bonds. The summed E-state index contributed by atoms with van der Waals surface area (Å²) < 4.78 is 0. The molecule has 4 nitrogen and oxygen atoms in total. The highest BCUT2D eigenvalue weighted by atomic mass is 15.3. The van der Waals surface area contributed by atoms with Crippen LogP contribution in [-0.4, -0.2) is 21.7 Å². The van der Waals surface area contributed by atoms with E-state index in [1.54, 1.807) is 0 Å². The van der Waals surface area contributed by atoms with Crippen LogP contribution in [0.15, 0.2) is 164 Å². The van der Waals surface area contributed by atoms with E-state index >= 15 is 0 Å². The smallest absolute Gasteiger partial charge is 0.242 e. The fourth-order valence-corrected chi connectivity index (χ4v) is 8.30. The highest BCUT2D eigenvalue weighted by molar-refractivity contribution is 6.96. The molecule has 0 aliphatic heterocycles. The zero-order valence-corrected chi connectivity index (χ0v) is 33.0. The number of hydrogen-bond acceptors (Lipinski definition) is 4. The van der Waals surface area contributed by atoms with Gasteiger partial charge in [0.1, 0.15) is 0 Å². The third kappa shape index (κ3) is 7.41. The topological polar surface area (TPSA) is 41.9 Å². The highest BCUT2D eigenvalue weighted by Gasteiger charge is 2.29. The molecule has 0 saturated heterocycles. The predicted octanol–water partition coefficient (Wildman–Crippen LogP) is 10.7. The Balaban J connectivity index is 1.31.